The van der Waals surface area contributed by atoms with Gasteiger partial charge in [-0.2, -0.15) is 5.10 Å². The summed E-state index contributed by atoms with van der Waals surface area (Å²) in [5, 5.41) is 17.6. The smallest absolute Gasteiger partial charge is 0.341 e. The molecule has 2 aromatic rings. The number of ether oxygens (including phenoxy) is 1. The van der Waals surface area contributed by atoms with Gasteiger partial charge in [0.15, 0.2) is 5.82 Å². The second-order valence-corrected chi connectivity index (χ2v) is 3.63. The zero-order valence-electron chi connectivity index (χ0n) is 10.0. The summed E-state index contributed by atoms with van der Waals surface area (Å²) < 4.78 is 5.14. The van der Waals surface area contributed by atoms with Crippen LogP contribution in [0, 0.1) is 0 Å². The first-order valence-corrected chi connectivity index (χ1v) is 5.35. The van der Waals surface area contributed by atoms with E-state index in [-0.39, 0.29) is 11.4 Å². The number of carboxylic acids is 1. The first-order chi connectivity index (χ1) is 9.11. The van der Waals surface area contributed by atoms with Crippen LogP contribution in [0.4, 0.5) is 11.5 Å². The number of aromatic nitrogens is 2. The molecule has 3 N–H and O–H groups in total. The molecule has 0 aliphatic rings. The summed E-state index contributed by atoms with van der Waals surface area (Å²) in [6.45, 7) is 0. The molecule has 1 heterocycles. The molecule has 7 nitrogen and oxygen atoms in total. The zero-order chi connectivity index (χ0) is 13.8. The summed E-state index contributed by atoms with van der Waals surface area (Å²) in [6, 6.07) is 8.23. The van der Waals surface area contributed by atoms with E-state index in [2.05, 4.69) is 15.5 Å². The molecule has 0 fully saturated rings. The molecule has 1 aromatic heterocycles. The van der Waals surface area contributed by atoms with Gasteiger partial charge in [-0.3, -0.25) is 4.79 Å². The number of nitrogens with one attached hydrogen (secondary N) is 2. The Hall–Kier alpha value is -2.83. The number of benzene rings is 1. The minimum Gasteiger partial charge on any atom is -0.495 e. The largest absolute Gasteiger partial charge is 0.495 e. The Morgan fingerprint density at radius 2 is 2.16 bits per heavy atom. The van der Waals surface area contributed by atoms with Crippen molar-refractivity contribution in [1.82, 2.24) is 10.2 Å². The molecule has 0 unspecified atom stereocenters. The predicted molar refractivity (Wildman–Crippen MR) is 68.1 cm³/mol. The summed E-state index contributed by atoms with van der Waals surface area (Å²) in [4.78, 5) is 22.1. The van der Waals surface area contributed by atoms with Crippen molar-refractivity contribution in [3.63, 3.8) is 0 Å². The molecular formula is C12H11N3O4. The highest BCUT2D eigenvalue weighted by molar-refractivity contribution is 5.88. The lowest BCUT2D eigenvalue weighted by Gasteiger charge is -2.09. The Morgan fingerprint density at radius 3 is 2.84 bits per heavy atom. The van der Waals surface area contributed by atoms with Gasteiger partial charge in [0.1, 0.15) is 11.3 Å². The molecule has 0 amide bonds. The summed E-state index contributed by atoms with van der Waals surface area (Å²) in [5.41, 5.74) is -0.522. The van der Waals surface area contributed by atoms with Crippen LogP contribution in [-0.4, -0.2) is 28.4 Å². The Morgan fingerprint density at radius 1 is 1.42 bits per heavy atom. The molecule has 98 valence electrons. The molecule has 1 aromatic carbocycles. The third kappa shape index (κ3) is 2.71. The number of hydrogen-bond acceptors (Lipinski definition) is 5. The number of methoxy groups -OCH3 is 1. The van der Waals surface area contributed by atoms with E-state index in [0.29, 0.717) is 11.4 Å². The third-order valence-corrected chi connectivity index (χ3v) is 2.40. The minimum atomic E-state index is -1.31. The average Bonchev–Trinajstić information content (AvgIpc) is 2.41. The van der Waals surface area contributed by atoms with Gasteiger partial charge in [-0.15, -0.1) is 0 Å². The van der Waals surface area contributed by atoms with Gasteiger partial charge >= 0.3 is 5.97 Å². The molecule has 0 bridgehead atoms. The topological polar surface area (TPSA) is 104 Å². The molecule has 2 rings (SSSR count). The predicted octanol–water partition coefficient (Wildman–Crippen LogP) is 1.22. The van der Waals surface area contributed by atoms with E-state index in [0.717, 1.165) is 6.07 Å². The number of aromatic carboxylic acids is 1. The normalized spacial score (nSPS) is 9.95. The fourth-order valence-electron chi connectivity index (χ4n) is 1.51. The summed E-state index contributed by atoms with van der Waals surface area (Å²) in [6.07, 6.45) is 0. The number of aromatic amines is 1. The van der Waals surface area contributed by atoms with Crippen molar-refractivity contribution in [2.24, 2.45) is 0 Å². The fourth-order valence-corrected chi connectivity index (χ4v) is 1.51. The number of H-pyrrole nitrogens is 1. The highest BCUT2D eigenvalue weighted by Gasteiger charge is 2.11. The van der Waals surface area contributed by atoms with Gasteiger partial charge in [0, 0.05) is 6.07 Å². The lowest BCUT2D eigenvalue weighted by Crippen LogP contribution is -2.19. The van der Waals surface area contributed by atoms with Crippen molar-refractivity contribution in [2.75, 3.05) is 12.4 Å². The average molecular weight is 261 g/mol. The van der Waals surface area contributed by atoms with Crippen molar-refractivity contribution in [2.45, 2.75) is 0 Å². The number of hydrogen-bond donors (Lipinski definition) is 3. The quantitative estimate of drug-likeness (QED) is 0.764. The van der Waals surface area contributed by atoms with Crippen molar-refractivity contribution >= 4 is 17.5 Å². The van der Waals surface area contributed by atoms with Crippen LogP contribution in [0.25, 0.3) is 0 Å². The van der Waals surface area contributed by atoms with E-state index in [1.54, 1.807) is 24.3 Å². The minimum absolute atomic E-state index is 0.210. The van der Waals surface area contributed by atoms with Crippen molar-refractivity contribution < 1.29 is 14.6 Å². The summed E-state index contributed by atoms with van der Waals surface area (Å²) in [5.74, 6) is -0.527. The molecular weight excluding hydrogens is 250 g/mol. The highest BCUT2D eigenvalue weighted by Crippen LogP contribution is 2.25. The van der Waals surface area contributed by atoms with Gasteiger partial charge in [-0.25, -0.2) is 9.89 Å². The fraction of sp³-hybridized carbons (Fsp3) is 0.0833. The van der Waals surface area contributed by atoms with Crippen LogP contribution < -0.4 is 15.6 Å². The van der Waals surface area contributed by atoms with Gasteiger partial charge in [0.2, 0.25) is 0 Å². The number of anilines is 2. The molecule has 0 saturated heterocycles. The second-order valence-electron chi connectivity index (χ2n) is 3.63. The molecule has 0 aliphatic heterocycles. The Labute approximate surface area is 107 Å². The van der Waals surface area contributed by atoms with Crippen LogP contribution in [0.2, 0.25) is 0 Å². The lowest BCUT2D eigenvalue weighted by atomic mass is 10.2. The molecule has 0 aliphatic carbocycles. The molecule has 0 atom stereocenters. The van der Waals surface area contributed by atoms with E-state index in [9.17, 15) is 9.59 Å². The molecule has 7 heteroatoms. The van der Waals surface area contributed by atoms with Crippen molar-refractivity contribution in [1.29, 1.82) is 0 Å². The number of para-hydroxylation sites is 2. The van der Waals surface area contributed by atoms with E-state index < -0.39 is 11.5 Å². The lowest BCUT2D eigenvalue weighted by molar-refractivity contribution is 0.0694. The number of carboxylic acid groups (broad SMARTS) is 1. The van der Waals surface area contributed by atoms with Gasteiger partial charge in [-0.1, -0.05) is 12.1 Å². The standard InChI is InChI=1S/C12H11N3O4/c1-19-9-5-3-2-4-8(9)13-10-6-7(12(17)18)11(16)15-14-10/h2-6H,1H3,(H,13,14)(H,15,16)(H,17,18). The van der Waals surface area contributed by atoms with Crippen LogP contribution in [0.1, 0.15) is 10.4 Å². The monoisotopic (exact) mass is 261 g/mol. The molecule has 19 heavy (non-hydrogen) atoms. The SMILES string of the molecule is COc1ccccc1Nc1cc(C(=O)O)c(=O)[nH]n1. The Balaban J connectivity index is 2.36. The van der Waals surface area contributed by atoms with Gasteiger partial charge < -0.3 is 15.2 Å². The van der Waals surface area contributed by atoms with Crippen molar-refractivity contribution in [3.8, 4) is 5.75 Å². The van der Waals surface area contributed by atoms with E-state index in [1.807, 2.05) is 0 Å². The van der Waals surface area contributed by atoms with Crippen LogP contribution in [0.3, 0.4) is 0 Å². The summed E-state index contributed by atoms with van der Waals surface area (Å²) in [7, 11) is 1.52. The van der Waals surface area contributed by atoms with Gasteiger partial charge in [0.05, 0.1) is 12.8 Å². The van der Waals surface area contributed by atoms with Crippen LogP contribution in [0.5, 0.6) is 5.75 Å². The zero-order valence-corrected chi connectivity index (χ0v) is 10.0. The third-order valence-electron chi connectivity index (χ3n) is 2.40. The number of nitrogens with zero attached hydrogens (tertiary/aromatic N) is 1. The Kier molecular flexibility index (Phi) is 3.46. The van der Waals surface area contributed by atoms with Gasteiger partial charge in [0.25, 0.3) is 5.56 Å². The Bertz CT molecular complexity index is 666. The maximum atomic E-state index is 11.2. The maximum absolute atomic E-state index is 11.2. The molecule has 0 spiro atoms. The first kappa shape index (κ1) is 12.6. The number of carbonyl (C=O) groups is 1. The van der Waals surface area contributed by atoms with Crippen LogP contribution in [0.15, 0.2) is 35.1 Å². The second kappa shape index (κ2) is 5.21. The highest BCUT2D eigenvalue weighted by atomic mass is 16.5. The first-order valence-electron chi connectivity index (χ1n) is 5.35. The van der Waals surface area contributed by atoms with E-state index in [1.165, 1.54) is 7.11 Å². The summed E-state index contributed by atoms with van der Waals surface area (Å²) >= 11 is 0. The maximum Gasteiger partial charge on any atom is 0.341 e. The number of rotatable bonds is 4. The van der Waals surface area contributed by atoms with E-state index >= 15 is 0 Å². The van der Waals surface area contributed by atoms with Crippen LogP contribution in [-0.2, 0) is 0 Å². The van der Waals surface area contributed by atoms with Gasteiger partial charge in [-0.05, 0) is 12.1 Å². The van der Waals surface area contributed by atoms with E-state index in [4.69, 9.17) is 9.84 Å². The van der Waals surface area contributed by atoms with Crippen molar-refractivity contribution in [3.05, 3.63) is 46.2 Å². The van der Waals surface area contributed by atoms with Crippen LogP contribution >= 0.6 is 0 Å². The molecule has 0 saturated carbocycles. The molecule has 0 radical (unpaired) electrons.